The normalized spacial score (nSPS) is 13.2. The average molecular weight is 258 g/mol. The fourth-order valence-corrected chi connectivity index (χ4v) is 1.69. The summed E-state index contributed by atoms with van der Waals surface area (Å²) in [5.74, 6) is -0.305. The molecule has 0 unspecified atom stereocenters. The van der Waals surface area contributed by atoms with Gasteiger partial charge in [0.15, 0.2) is 0 Å². The van der Waals surface area contributed by atoms with Gasteiger partial charge in [0.05, 0.1) is 5.56 Å². The quantitative estimate of drug-likeness (QED) is 0.553. The van der Waals surface area contributed by atoms with E-state index in [9.17, 15) is 4.79 Å². The number of rotatable bonds is 6. The van der Waals surface area contributed by atoms with Crippen LogP contribution < -0.4 is 0 Å². The summed E-state index contributed by atoms with van der Waals surface area (Å²) in [4.78, 5) is 12.0. The van der Waals surface area contributed by atoms with Crippen molar-refractivity contribution in [3.8, 4) is 0 Å². The predicted molar refractivity (Wildman–Crippen MR) is 79.1 cm³/mol. The van der Waals surface area contributed by atoms with Gasteiger partial charge in [0.2, 0.25) is 0 Å². The maximum Gasteiger partial charge on any atom is 0.338 e. The molecule has 1 atom stereocenters. The largest absolute Gasteiger partial charge is 0.452 e. The van der Waals surface area contributed by atoms with Gasteiger partial charge in [-0.2, -0.15) is 0 Å². The molecule has 0 amide bonds. The lowest BCUT2D eigenvalue weighted by Crippen LogP contribution is -2.29. The molecule has 0 saturated carbocycles. The lowest BCUT2D eigenvalue weighted by atomic mass is 9.99. The van der Waals surface area contributed by atoms with E-state index >= 15 is 0 Å². The summed E-state index contributed by atoms with van der Waals surface area (Å²) in [6, 6.07) is 9.03. The number of hydrogen-bond donors (Lipinski definition) is 0. The molecular formula is C17H22O2. The Bertz CT molecular complexity index is 455. The highest BCUT2D eigenvalue weighted by atomic mass is 16.6. The van der Waals surface area contributed by atoms with E-state index in [-0.39, 0.29) is 5.97 Å². The molecule has 2 heteroatoms. The van der Waals surface area contributed by atoms with Crippen molar-refractivity contribution in [3.63, 3.8) is 0 Å². The van der Waals surface area contributed by atoms with Gasteiger partial charge >= 0.3 is 5.97 Å². The molecule has 0 N–H and O–H groups in total. The summed E-state index contributed by atoms with van der Waals surface area (Å²) in [6.45, 7) is 9.78. The number of allylic oxidation sites excluding steroid dienone is 2. The minimum atomic E-state index is -0.626. The highest BCUT2D eigenvalue weighted by Gasteiger charge is 2.24. The van der Waals surface area contributed by atoms with E-state index in [2.05, 4.69) is 26.5 Å². The van der Waals surface area contributed by atoms with E-state index in [4.69, 9.17) is 4.74 Å². The van der Waals surface area contributed by atoms with Crippen LogP contribution in [0.25, 0.3) is 0 Å². The molecule has 1 aromatic rings. The molecular weight excluding hydrogens is 236 g/mol. The Labute approximate surface area is 115 Å². The van der Waals surface area contributed by atoms with Gasteiger partial charge in [0.25, 0.3) is 0 Å². The summed E-state index contributed by atoms with van der Waals surface area (Å²) in [5.41, 5.74) is 1.21. The number of benzene rings is 1. The molecule has 0 radical (unpaired) electrons. The number of carbonyl (C=O) groups is 1. The molecule has 0 aliphatic carbocycles. The Morgan fingerprint density at radius 3 is 2.47 bits per heavy atom. The molecule has 0 aromatic heterocycles. The van der Waals surface area contributed by atoms with Crippen LogP contribution in [0.15, 0.2) is 54.6 Å². The predicted octanol–water partition coefficient (Wildman–Crippen LogP) is 4.53. The van der Waals surface area contributed by atoms with E-state index in [0.717, 1.165) is 12.8 Å². The second-order valence-corrected chi connectivity index (χ2v) is 5.09. The van der Waals surface area contributed by atoms with Crippen molar-refractivity contribution in [3.05, 3.63) is 60.2 Å². The maximum absolute atomic E-state index is 12.0. The summed E-state index contributed by atoms with van der Waals surface area (Å²) in [7, 11) is 0. The maximum atomic E-state index is 12.0. The van der Waals surface area contributed by atoms with Gasteiger partial charge in [-0.1, -0.05) is 36.4 Å². The topological polar surface area (TPSA) is 26.3 Å². The number of ether oxygens (including phenoxy) is 1. The van der Waals surface area contributed by atoms with Crippen LogP contribution in [0.1, 0.15) is 44.0 Å². The summed E-state index contributed by atoms with van der Waals surface area (Å²) in [6.07, 6.45) is 5.44. The number of hydrogen-bond acceptors (Lipinski definition) is 2. The van der Waals surface area contributed by atoms with E-state index < -0.39 is 5.60 Å². The van der Waals surface area contributed by atoms with Gasteiger partial charge in [0, 0.05) is 0 Å². The van der Waals surface area contributed by atoms with Crippen LogP contribution in [0.2, 0.25) is 0 Å². The van der Waals surface area contributed by atoms with Gasteiger partial charge < -0.3 is 4.74 Å². The first-order chi connectivity index (χ1) is 8.97. The van der Waals surface area contributed by atoms with Crippen LogP contribution >= 0.6 is 0 Å². The number of esters is 1. The van der Waals surface area contributed by atoms with E-state index in [1.807, 2.05) is 25.1 Å². The lowest BCUT2D eigenvalue weighted by Gasteiger charge is -2.25. The van der Waals surface area contributed by atoms with Gasteiger partial charge in [-0.3, -0.25) is 0 Å². The zero-order chi connectivity index (χ0) is 14.3. The molecule has 2 nitrogen and oxygen atoms in total. The fourth-order valence-electron chi connectivity index (χ4n) is 1.69. The standard InChI is InChI=1S/C17H22O2/c1-5-17(4,13-9-10-14(2)3)19-16(18)15-11-7-6-8-12-15/h5-8,10-12H,1,9,13H2,2-4H3/t17-/m1/s1. The number of carbonyl (C=O) groups excluding carboxylic acids is 1. The van der Waals surface area contributed by atoms with Crippen molar-refractivity contribution in [1.82, 2.24) is 0 Å². The Morgan fingerprint density at radius 1 is 1.32 bits per heavy atom. The van der Waals surface area contributed by atoms with Gasteiger partial charge in [-0.05, 0) is 51.8 Å². The van der Waals surface area contributed by atoms with Crippen molar-refractivity contribution >= 4 is 5.97 Å². The highest BCUT2D eigenvalue weighted by Crippen LogP contribution is 2.21. The summed E-state index contributed by atoms with van der Waals surface area (Å²) in [5, 5.41) is 0. The molecule has 0 bridgehead atoms. The average Bonchev–Trinajstić information content (AvgIpc) is 2.39. The minimum absolute atomic E-state index is 0.305. The third-order valence-electron chi connectivity index (χ3n) is 2.96. The Balaban J connectivity index is 2.67. The smallest absolute Gasteiger partial charge is 0.338 e. The second kappa shape index (κ2) is 6.93. The first-order valence-corrected chi connectivity index (χ1v) is 6.52. The zero-order valence-corrected chi connectivity index (χ0v) is 12.0. The molecule has 0 saturated heterocycles. The van der Waals surface area contributed by atoms with Crippen LogP contribution in [0.3, 0.4) is 0 Å². The van der Waals surface area contributed by atoms with E-state index in [0.29, 0.717) is 5.56 Å². The van der Waals surface area contributed by atoms with Crippen LogP contribution in [0, 0.1) is 0 Å². The molecule has 0 heterocycles. The molecule has 19 heavy (non-hydrogen) atoms. The van der Waals surface area contributed by atoms with Crippen LogP contribution in [-0.2, 0) is 4.74 Å². The molecule has 102 valence electrons. The Morgan fingerprint density at radius 2 is 1.95 bits per heavy atom. The molecule has 0 aliphatic rings. The summed E-state index contributed by atoms with van der Waals surface area (Å²) >= 11 is 0. The third kappa shape index (κ3) is 5.12. The van der Waals surface area contributed by atoms with E-state index in [1.165, 1.54) is 5.57 Å². The van der Waals surface area contributed by atoms with Crippen molar-refractivity contribution in [2.75, 3.05) is 0 Å². The molecule has 0 fully saturated rings. The molecule has 1 aromatic carbocycles. The molecule has 0 aliphatic heterocycles. The Kier molecular flexibility index (Phi) is 5.56. The SMILES string of the molecule is C=C[C@](C)(CCC=C(C)C)OC(=O)c1ccccc1. The molecule has 1 rings (SSSR count). The molecule has 0 spiro atoms. The monoisotopic (exact) mass is 258 g/mol. The van der Waals surface area contributed by atoms with Crippen LogP contribution in [0.4, 0.5) is 0 Å². The Hall–Kier alpha value is -1.83. The zero-order valence-electron chi connectivity index (χ0n) is 12.0. The van der Waals surface area contributed by atoms with Gasteiger partial charge in [-0.15, -0.1) is 0 Å². The third-order valence-corrected chi connectivity index (χ3v) is 2.96. The lowest BCUT2D eigenvalue weighted by molar-refractivity contribution is 0.00835. The van der Waals surface area contributed by atoms with Crippen LogP contribution in [0.5, 0.6) is 0 Å². The van der Waals surface area contributed by atoms with Crippen molar-refractivity contribution < 1.29 is 9.53 Å². The van der Waals surface area contributed by atoms with Gasteiger partial charge in [0.1, 0.15) is 5.60 Å². The van der Waals surface area contributed by atoms with E-state index in [1.54, 1.807) is 18.2 Å². The minimum Gasteiger partial charge on any atom is -0.452 e. The highest BCUT2D eigenvalue weighted by molar-refractivity contribution is 5.89. The van der Waals surface area contributed by atoms with Crippen molar-refractivity contribution in [2.24, 2.45) is 0 Å². The van der Waals surface area contributed by atoms with Crippen molar-refractivity contribution in [2.45, 2.75) is 39.2 Å². The second-order valence-electron chi connectivity index (χ2n) is 5.09. The first kappa shape index (κ1) is 15.2. The van der Waals surface area contributed by atoms with Crippen molar-refractivity contribution in [1.29, 1.82) is 0 Å². The van der Waals surface area contributed by atoms with Gasteiger partial charge in [-0.25, -0.2) is 4.79 Å². The fraction of sp³-hybridized carbons (Fsp3) is 0.353. The van der Waals surface area contributed by atoms with Crippen LogP contribution in [-0.4, -0.2) is 11.6 Å². The first-order valence-electron chi connectivity index (χ1n) is 6.52. The summed E-state index contributed by atoms with van der Waals surface area (Å²) < 4.78 is 5.57.